The van der Waals surface area contributed by atoms with Crippen LogP contribution in [0.25, 0.3) is 0 Å². The molecule has 0 radical (unpaired) electrons. The van der Waals surface area contributed by atoms with E-state index in [-0.39, 0.29) is 37.0 Å². The number of rotatable bonds is 7. The molecule has 1 heterocycles. The van der Waals surface area contributed by atoms with Crippen LogP contribution in [0.4, 0.5) is 26.3 Å². The lowest BCUT2D eigenvalue weighted by atomic mass is 9.85. The highest BCUT2D eigenvalue weighted by atomic mass is 19.4. The second-order valence-electron chi connectivity index (χ2n) is 10.0. The number of nitrogens with zero attached hydrogens (tertiary/aromatic N) is 3. The van der Waals surface area contributed by atoms with Crippen molar-refractivity contribution in [3.63, 3.8) is 0 Å². The molecular formula is C28H35F6N3O. The molecule has 2 aromatic carbocycles. The van der Waals surface area contributed by atoms with Crippen molar-refractivity contribution < 1.29 is 31.1 Å². The van der Waals surface area contributed by atoms with Gasteiger partial charge in [0.25, 0.3) is 0 Å². The molecule has 0 atom stereocenters. The van der Waals surface area contributed by atoms with Gasteiger partial charge in [0.15, 0.2) is 0 Å². The predicted octanol–water partition coefficient (Wildman–Crippen LogP) is 5.83. The summed E-state index contributed by atoms with van der Waals surface area (Å²) in [5, 5.41) is 0. The van der Waals surface area contributed by atoms with Crippen LogP contribution in [0.2, 0.25) is 0 Å². The summed E-state index contributed by atoms with van der Waals surface area (Å²) in [4.78, 5) is 18.3. The summed E-state index contributed by atoms with van der Waals surface area (Å²) in [6, 6.07) is 13.5. The van der Waals surface area contributed by atoms with Gasteiger partial charge in [-0.25, -0.2) is 0 Å². The summed E-state index contributed by atoms with van der Waals surface area (Å²) in [6.07, 6.45) is -5.95. The molecule has 4 nitrogen and oxygen atoms in total. The molecule has 4 rings (SSSR count). The third-order valence-corrected chi connectivity index (χ3v) is 7.04. The van der Waals surface area contributed by atoms with Gasteiger partial charge in [0.2, 0.25) is 5.91 Å². The van der Waals surface area contributed by atoms with Crippen molar-refractivity contribution in [3.05, 3.63) is 71.3 Å². The Kier molecular flexibility index (Phi) is 10.6. The minimum atomic E-state index is -4.88. The largest absolute Gasteiger partial charge is 0.416 e. The number of benzene rings is 2. The Balaban J connectivity index is 0.000000585. The Morgan fingerprint density at radius 3 is 1.71 bits per heavy atom. The van der Waals surface area contributed by atoms with E-state index in [1.807, 2.05) is 41.3 Å². The molecule has 1 aliphatic carbocycles. The molecule has 2 fully saturated rings. The highest BCUT2D eigenvalue weighted by Gasteiger charge is 2.37. The van der Waals surface area contributed by atoms with Gasteiger partial charge >= 0.3 is 12.4 Å². The molecule has 38 heavy (non-hydrogen) atoms. The van der Waals surface area contributed by atoms with E-state index in [1.165, 1.54) is 31.2 Å². The van der Waals surface area contributed by atoms with Crippen LogP contribution in [0.15, 0.2) is 54.6 Å². The van der Waals surface area contributed by atoms with Crippen molar-refractivity contribution in [1.82, 2.24) is 14.7 Å². The van der Waals surface area contributed by atoms with E-state index in [9.17, 15) is 31.1 Å². The number of carbonyl (C=O) groups is 1. The molecule has 0 bridgehead atoms. The first-order valence-corrected chi connectivity index (χ1v) is 12.9. The van der Waals surface area contributed by atoms with Crippen LogP contribution in [0.3, 0.4) is 0 Å². The van der Waals surface area contributed by atoms with Crippen LogP contribution < -0.4 is 0 Å². The Bertz CT molecular complexity index is 941. The third kappa shape index (κ3) is 9.62. The van der Waals surface area contributed by atoms with Gasteiger partial charge in [-0.05, 0) is 48.9 Å². The van der Waals surface area contributed by atoms with Gasteiger partial charge in [0, 0.05) is 46.3 Å². The highest BCUT2D eigenvalue weighted by Crippen LogP contribution is 2.36. The molecule has 2 aliphatic rings. The number of alkyl halides is 6. The molecule has 1 amide bonds. The molecule has 1 saturated heterocycles. The van der Waals surface area contributed by atoms with Crippen molar-refractivity contribution in [1.29, 1.82) is 0 Å². The number of carbonyl (C=O) groups excluding carboxylic acids is 1. The van der Waals surface area contributed by atoms with Crippen LogP contribution in [0, 0.1) is 5.92 Å². The van der Waals surface area contributed by atoms with E-state index >= 15 is 0 Å². The maximum absolute atomic E-state index is 13.0. The minimum Gasteiger partial charge on any atom is -0.344 e. The maximum Gasteiger partial charge on any atom is 0.416 e. The maximum atomic E-state index is 13.0. The molecule has 1 aliphatic heterocycles. The number of hydrogen-bond acceptors (Lipinski definition) is 3. The Labute approximate surface area is 220 Å². The zero-order chi connectivity index (χ0) is 27.8. The molecule has 1 saturated carbocycles. The number of piperazine rings is 1. The second-order valence-corrected chi connectivity index (χ2v) is 10.0. The SMILES string of the molecule is CN(CCc1cc(C(F)(F)F)cc(C(F)(F)F)c1)C(=O)CN1CCN(CC2CCC2)CC1.c1ccccc1. The smallest absolute Gasteiger partial charge is 0.344 e. The van der Waals surface area contributed by atoms with Crippen molar-refractivity contribution >= 4 is 5.91 Å². The van der Waals surface area contributed by atoms with Gasteiger partial charge < -0.3 is 9.80 Å². The number of likely N-dealkylation sites (N-methyl/N-ethyl adjacent to an activating group) is 1. The van der Waals surface area contributed by atoms with Gasteiger partial charge in [-0.15, -0.1) is 0 Å². The molecule has 2 aromatic rings. The van der Waals surface area contributed by atoms with Gasteiger partial charge in [-0.3, -0.25) is 9.69 Å². The van der Waals surface area contributed by atoms with E-state index < -0.39 is 23.5 Å². The first-order chi connectivity index (χ1) is 17.9. The summed E-state index contributed by atoms with van der Waals surface area (Å²) in [5.74, 6) is 0.600. The third-order valence-electron chi connectivity index (χ3n) is 7.04. The Morgan fingerprint density at radius 2 is 1.29 bits per heavy atom. The molecule has 0 N–H and O–H groups in total. The summed E-state index contributed by atoms with van der Waals surface area (Å²) in [5.41, 5.74) is -2.77. The zero-order valence-corrected chi connectivity index (χ0v) is 21.6. The first-order valence-electron chi connectivity index (χ1n) is 12.9. The van der Waals surface area contributed by atoms with E-state index in [1.54, 1.807) is 0 Å². The topological polar surface area (TPSA) is 26.8 Å². The summed E-state index contributed by atoms with van der Waals surface area (Å²) < 4.78 is 78.0. The van der Waals surface area contributed by atoms with Crippen molar-refractivity contribution in [2.45, 2.75) is 38.0 Å². The number of hydrogen-bond donors (Lipinski definition) is 0. The molecular weight excluding hydrogens is 508 g/mol. The average molecular weight is 544 g/mol. The second kappa shape index (κ2) is 13.5. The quantitative estimate of drug-likeness (QED) is 0.412. The normalized spacial score (nSPS) is 17.3. The van der Waals surface area contributed by atoms with Crippen LogP contribution in [0.1, 0.15) is 36.0 Å². The standard InChI is InChI=1S/C22H29F6N3O.C6H6/c1-29(20(32)15-31-9-7-30(8-10-31)14-16-3-2-4-16)6-5-17-11-18(21(23,24)25)13-19(12-17)22(26,27)28;1-2-4-6-5-3-1/h11-13,16H,2-10,14-15H2,1H3;1-6H. The Morgan fingerprint density at radius 1 is 0.816 bits per heavy atom. The first kappa shape index (κ1) is 30.0. The lowest BCUT2D eigenvalue weighted by Crippen LogP contribution is -2.51. The lowest BCUT2D eigenvalue weighted by Gasteiger charge is -2.38. The molecule has 0 aromatic heterocycles. The fraction of sp³-hybridized carbons (Fsp3) is 0.536. The van der Waals surface area contributed by atoms with Gasteiger partial charge in [0.05, 0.1) is 17.7 Å². The van der Waals surface area contributed by atoms with E-state index in [0.29, 0.717) is 0 Å². The van der Waals surface area contributed by atoms with E-state index in [0.717, 1.165) is 50.8 Å². The summed E-state index contributed by atoms with van der Waals surface area (Å²) in [7, 11) is 1.52. The van der Waals surface area contributed by atoms with Gasteiger partial charge in [0.1, 0.15) is 0 Å². The highest BCUT2D eigenvalue weighted by molar-refractivity contribution is 5.78. The fourth-order valence-electron chi connectivity index (χ4n) is 4.45. The molecule has 0 spiro atoms. The van der Waals surface area contributed by atoms with Crippen molar-refractivity contribution in [2.75, 3.05) is 52.9 Å². The average Bonchev–Trinajstić information content (AvgIpc) is 2.86. The number of amides is 1. The summed E-state index contributed by atoms with van der Waals surface area (Å²) >= 11 is 0. The number of halogens is 6. The monoisotopic (exact) mass is 543 g/mol. The van der Waals surface area contributed by atoms with E-state index in [4.69, 9.17) is 0 Å². The van der Waals surface area contributed by atoms with Crippen LogP contribution in [-0.2, 0) is 23.6 Å². The van der Waals surface area contributed by atoms with Crippen LogP contribution in [0.5, 0.6) is 0 Å². The van der Waals surface area contributed by atoms with Crippen LogP contribution >= 0.6 is 0 Å². The molecule has 10 heteroatoms. The molecule has 0 unspecified atom stereocenters. The fourth-order valence-corrected chi connectivity index (χ4v) is 4.45. The van der Waals surface area contributed by atoms with Crippen LogP contribution in [-0.4, -0.2) is 73.5 Å². The Hall–Kier alpha value is -2.59. The summed E-state index contributed by atoms with van der Waals surface area (Å²) in [6.45, 7) is 4.70. The minimum absolute atomic E-state index is 0.0408. The van der Waals surface area contributed by atoms with Gasteiger partial charge in [-0.2, -0.15) is 26.3 Å². The van der Waals surface area contributed by atoms with Crippen molar-refractivity contribution in [2.24, 2.45) is 5.92 Å². The lowest BCUT2D eigenvalue weighted by molar-refractivity contribution is -0.143. The zero-order valence-electron chi connectivity index (χ0n) is 21.6. The van der Waals surface area contributed by atoms with Crippen molar-refractivity contribution in [3.8, 4) is 0 Å². The predicted molar refractivity (Wildman–Crippen MR) is 134 cm³/mol. The van der Waals surface area contributed by atoms with Gasteiger partial charge in [-0.1, -0.05) is 42.8 Å². The van der Waals surface area contributed by atoms with E-state index in [2.05, 4.69) is 4.90 Å². The molecule has 210 valence electrons.